The van der Waals surface area contributed by atoms with E-state index in [0.29, 0.717) is 17.8 Å². The average molecular weight is 333 g/mol. The largest absolute Gasteiger partial charge is 0.383 e. The van der Waals surface area contributed by atoms with Gasteiger partial charge in [-0.25, -0.2) is 0 Å². The van der Waals surface area contributed by atoms with Gasteiger partial charge in [0.2, 0.25) is 5.95 Å². The van der Waals surface area contributed by atoms with E-state index in [0.717, 1.165) is 56.7 Å². The summed E-state index contributed by atoms with van der Waals surface area (Å²) in [6.45, 7) is 6.76. The maximum Gasteiger partial charge on any atom is 0.229 e. The van der Waals surface area contributed by atoms with E-state index in [-0.39, 0.29) is 0 Å². The molecule has 0 unspecified atom stereocenters. The smallest absolute Gasteiger partial charge is 0.229 e. The maximum absolute atomic E-state index is 6.11. The van der Waals surface area contributed by atoms with E-state index in [1.165, 1.54) is 0 Å². The van der Waals surface area contributed by atoms with Gasteiger partial charge in [0.25, 0.3) is 0 Å². The standard InChI is InChI=1S/C16H27N7O/c1-4-5-12-11-23(7-6-22(12)8-9-24-3)16-19-14(17)13-10-18-21(2)15(13)20-16/h10,12H,4-9,11H2,1-3H3,(H2,17,19,20)/t12-/m0/s1. The summed E-state index contributed by atoms with van der Waals surface area (Å²) in [5.41, 5.74) is 6.89. The Morgan fingerprint density at radius 3 is 2.92 bits per heavy atom. The number of nitrogens with two attached hydrogens (primary N) is 1. The number of methoxy groups -OCH3 is 1. The van der Waals surface area contributed by atoms with Gasteiger partial charge in [-0.15, -0.1) is 0 Å². The normalized spacial score (nSPS) is 19.3. The van der Waals surface area contributed by atoms with Crippen LogP contribution in [0, 0.1) is 0 Å². The van der Waals surface area contributed by atoms with E-state index in [2.05, 4.69) is 26.8 Å². The molecule has 0 aromatic carbocycles. The second kappa shape index (κ2) is 7.31. The fraction of sp³-hybridized carbons (Fsp3) is 0.688. The summed E-state index contributed by atoms with van der Waals surface area (Å²) in [6, 6.07) is 0.492. The monoisotopic (exact) mass is 333 g/mol. The van der Waals surface area contributed by atoms with Crippen LogP contribution in [0.5, 0.6) is 0 Å². The Kier molecular flexibility index (Phi) is 5.15. The van der Waals surface area contributed by atoms with E-state index < -0.39 is 0 Å². The van der Waals surface area contributed by atoms with Crippen LogP contribution in [-0.2, 0) is 11.8 Å². The highest BCUT2D eigenvalue weighted by Crippen LogP contribution is 2.23. The Hall–Kier alpha value is -1.93. The number of nitrogen functional groups attached to an aromatic ring is 1. The van der Waals surface area contributed by atoms with Crippen molar-refractivity contribution in [3.8, 4) is 0 Å². The minimum absolute atomic E-state index is 0.492. The zero-order valence-corrected chi connectivity index (χ0v) is 14.8. The zero-order chi connectivity index (χ0) is 17.1. The number of hydrogen-bond acceptors (Lipinski definition) is 7. The molecule has 1 saturated heterocycles. The fourth-order valence-electron chi connectivity index (χ4n) is 3.36. The first-order chi connectivity index (χ1) is 11.6. The summed E-state index contributed by atoms with van der Waals surface area (Å²) in [5.74, 6) is 1.20. The van der Waals surface area contributed by atoms with Crippen LogP contribution >= 0.6 is 0 Å². The van der Waals surface area contributed by atoms with E-state index in [1.807, 2.05) is 7.05 Å². The van der Waals surface area contributed by atoms with Crippen molar-refractivity contribution < 1.29 is 4.74 Å². The van der Waals surface area contributed by atoms with Crippen LogP contribution < -0.4 is 10.6 Å². The topological polar surface area (TPSA) is 85.3 Å². The molecule has 0 bridgehead atoms. The molecule has 8 nitrogen and oxygen atoms in total. The number of anilines is 2. The lowest BCUT2D eigenvalue weighted by molar-refractivity contribution is 0.106. The van der Waals surface area contributed by atoms with Crippen LogP contribution in [0.25, 0.3) is 11.0 Å². The number of aryl methyl sites for hydroxylation is 1. The van der Waals surface area contributed by atoms with Gasteiger partial charge in [0, 0.05) is 46.4 Å². The average Bonchev–Trinajstić information content (AvgIpc) is 2.96. The minimum atomic E-state index is 0.492. The zero-order valence-electron chi connectivity index (χ0n) is 14.8. The molecule has 0 radical (unpaired) electrons. The van der Waals surface area contributed by atoms with Crippen molar-refractivity contribution in [2.45, 2.75) is 25.8 Å². The fourth-order valence-corrected chi connectivity index (χ4v) is 3.36. The lowest BCUT2D eigenvalue weighted by Crippen LogP contribution is -2.54. The predicted molar refractivity (Wildman–Crippen MR) is 95.1 cm³/mol. The molecule has 2 aromatic heterocycles. The van der Waals surface area contributed by atoms with E-state index in [4.69, 9.17) is 15.5 Å². The first-order valence-corrected chi connectivity index (χ1v) is 8.57. The van der Waals surface area contributed by atoms with E-state index in [9.17, 15) is 0 Å². The first kappa shape index (κ1) is 16.9. The molecule has 0 aliphatic carbocycles. The number of aromatic nitrogens is 4. The lowest BCUT2D eigenvalue weighted by Gasteiger charge is -2.41. The third-order valence-electron chi connectivity index (χ3n) is 4.70. The summed E-state index contributed by atoms with van der Waals surface area (Å²) in [5, 5.41) is 5.04. The van der Waals surface area contributed by atoms with Gasteiger partial charge in [-0.05, 0) is 6.42 Å². The van der Waals surface area contributed by atoms with Gasteiger partial charge in [-0.3, -0.25) is 9.58 Å². The second-order valence-electron chi connectivity index (χ2n) is 6.33. The molecule has 1 aliphatic rings. The number of fused-ring (bicyclic) bond motifs is 1. The molecule has 2 N–H and O–H groups in total. The predicted octanol–water partition coefficient (Wildman–Crippen LogP) is 0.883. The van der Waals surface area contributed by atoms with Crippen molar-refractivity contribution in [1.29, 1.82) is 0 Å². The Morgan fingerprint density at radius 1 is 1.33 bits per heavy atom. The van der Waals surface area contributed by atoms with Crippen molar-refractivity contribution in [3.05, 3.63) is 6.20 Å². The molecule has 132 valence electrons. The summed E-state index contributed by atoms with van der Waals surface area (Å²) >= 11 is 0. The number of ether oxygens (including phenoxy) is 1. The molecule has 1 atom stereocenters. The molecule has 8 heteroatoms. The highest BCUT2D eigenvalue weighted by atomic mass is 16.5. The summed E-state index contributed by atoms with van der Waals surface area (Å²) in [7, 11) is 3.63. The van der Waals surface area contributed by atoms with Gasteiger partial charge in [-0.2, -0.15) is 15.1 Å². The molecule has 0 amide bonds. The molecule has 24 heavy (non-hydrogen) atoms. The van der Waals surface area contributed by atoms with Crippen LogP contribution in [0.15, 0.2) is 6.20 Å². The number of piperazine rings is 1. The molecule has 3 heterocycles. The highest BCUT2D eigenvalue weighted by Gasteiger charge is 2.28. The lowest BCUT2D eigenvalue weighted by atomic mass is 10.1. The third kappa shape index (κ3) is 3.29. The van der Waals surface area contributed by atoms with Crippen LogP contribution in [0.1, 0.15) is 19.8 Å². The highest BCUT2D eigenvalue weighted by molar-refractivity contribution is 5.86. The van der Waals surface area contributed by atoms with Crippen molar-refractivity contribution in [1.82, 2.24) is 24.6 Å². The molecular formula is C16H27N7O. The van der Waals surface area contributed by atoms with Crippen molar-refractivity contribution in [3.63, 3.8) is 0 Å². The second-order valence-corrected chi connectivity index (χ2v) is 6.33. The van der Waals surface area contributed by atoms with Crippen molar-refractivity contribution in [2.24, 2.45) is 7.05 Å². The maximum atomic E-state index is 6.11. The van der Waals surface area contributed by atoms with E-state index in [1.54, 1.807) is 18.0 Å². The third-order valence-corrected chi connectivity index (χ3v) is 4.70. The van der Waals surface area contributed by atoms with Crippen LogP contribution in [-0.4, -0.2) is 70.6 Å². The summed E-state index contributed by atoms with van der Waals surface area (Å²) < 4.78 is 6.99. The van der Waals surface area contributed by atoms with Gasteiger partial charge >= 0.3 is 0 Å². The quantitative estimate of drug-likeness (QED) is 0.840. The van der Waals surface area contributed by atoms with Gasteiger partial charge in [0.05, 0.1) is 18.2 Å². The summed E-state index contributed by atoms with van der Waals surface area (Å²) in [4.78, 5) is 14.0. The molecule has 0 spiro atoms. The van der Waals surface area contributed by atoms with Crippen LogP contribution in [0.2, 0.25) is 0 Å². The number of rotatable bonds is 6. The Bertz CT molecular complexity index is 686. The SMILES string of the molecule is CCC[C@H]1CN(c2nc(N)c3cnn(C)c3n2)CCN1CCOC. The molecule has 3 rings (SSSR count). The summed E-state index contributed by atoms with van der Waals surface area (Å²) in [6.07, 6.45) is 4.03. The van der Waals surface area contributed by atoms with Gasteiger partial charge < -0.3 is 15.4 Å². The molecule has 0 saturated carbocycles. The van der Waals surface area contributed by atoms with Gasteiger partial charge in [0.15, 0.2) is 5.65 Å². The Labute approximate surface area is 142 Å². The molecule has 2 aromatic rings. The van der Waals surface area contributed by atoms with E-state index >= 15 is 0 Å². The van der Waals surface area contributed by atoms with Gasteiger partial charge in [0.1, 0.15) is 5.82 Å². The molecule has 1 aliphatic heterocycles. The minimum Gasteiger partial charge on any atom is -0.383 e. The van der Waals surface area contributed by atoms with Gasteiger partial charge in [-0.1, -0.05) is 13.3 Å². The first-order valence-electron chi connectivity index (χ1n) is 8.57. The van der Waals surface area contributed by atoms with Crippen LogP contribution in [0.4, 0.5) is 11.8 Å². The number of nitrogens with zero attached hydrogens (tertiary/aromatic N) is 6. The van der Waals surface area contributed by atoms with Crippen LogP contribution in [0.3, 0.4) is 0 Å². The Morgan fingerprint density at radius 2 is 2.17 bits per heavy atom. The Balaban J connectivity index is 1.81. The molecular weight excluding hydrogens is 306 g/mol. The molecule has 1 fully saturated rings. The van der Waals surface area contributed by atoms with Crippen molar-refractivity contribution in [2.75, 3.05) is 50.5 Å². The number of hydrogen-bond donors (Lipinski definition) is 1. The van der Waals surface area contributed by atoms with Crippen molar-refractivity contribution >= 4 is 22.8 Å².